The van der Waals surface area contributed by atoms with Gasteiger partial charge in [-0.2, -0.15) is 0 Å². The van der Waals surface area contributed by atoms with Gasteiger partial charge in [0, 0.05) is 50.0 Å². The molecule has 0 radical (unpaired) electrons. The number of aryl methyl sites for hydroxylation is 2. The zero-order valence-corrected chi connectivity index (χ0v) is 15.1. The van der Waals surface area contributed by atoms with Gasteiger partial charge in [0.25, 0.3) is 0 Å². The lowest BCUT2D eigenvalue weighted by atomic mass is 10.0. The van der Waals surface area contributed by atoms with E-state index in [-0.39, 0.29) is 0 Å². The summed E-state index contributed by atoms with van der Waals surface area (Å²) in [5.41, 5.74) is 6.43. The molecule has 0 spiro atoms. The van der Waals surface area contributed by atoms with E-state index in [0.717, 1.165) is 38.2 Å². The molecule has 0 atom stereocenters. The summed E-state index contributed by atoms with van der Waals surface area (Å²) in [6.45, 7) is 9.71. The highest BCUT2D eigenvalue weighted by Crippen LogP contribution is 2.29. The number of rotatable bonds is 3. The molecule has 2 heterocycles. The first kappa shape index (κ1) is 16.1. The maximum Gasteiger partial charge on any atom is 0.0752 e. The van der Waals surface area contributed by atoms with Gasteiger partial charge < -0.3 is 4.90 Å². The Bertz CT molecular complexity index is 865. The van der Waals surface area contributed by atoms with Crippen molar-refractivity contribution >= 4 is 16.6 Å². The number of hydrogen-bond donors (Lipinski definition) is 0. The average molecular weight is 331 g/mol. The largest absolute Gasteiger partial charge is 0.368 e. The van der Waals surface area contributed by atoms with Crippen LogP contribution >= 0.6 is 0 Å². The zero-order valence-electron chi connectivity index (χ0n) is 15.1. The summed E-state index contributed by atoms with van der Waals surface area (Å²) < 4.78 is 0. The van der Waals surface area contributed by atoms with Gasteiger partial charge in [0.15, 0.2) is 0 Å². The Morgan fingerprint density at radius 2 is 1.68 bits per heavy atom. The molecule has 3 heteroatoms. The van der Waals surface area contributed by atoms with Gasteiger partial charge in [-0.3, -0.25) is 9.88 Å². The number of fused-ring (bicyclic) bond motifs is 1. The van der Waals surface area contributed by atoms with Gasteiger partial charge in [0.1, 0.15) is 0 Å². The van der Waals surface area contributed by atoms with Crippen molar-refractivity contribution < 1.29 is 0 Å². The smallest absolute Gasteiger partial charge is 0.0752 e. The van der Waals surface area contributed by atoms with Crippen molar-refractivity contribution in [3.05, 3.63) is 71.4 Å². The van der Waals surface area contributed by atoms with Crippen molar-refractivity contribution in [3.63, 3.8) is 0 Å². The van der Waals surface area contributed by atoms with E-state index < -0.39 is 0 Å². The van der Waals surface area contributed by atoms with E-state index in [2.05, 4.69) is 77.2 Å². The fourth-order valence-electron chi connectivity index (χ4n) is 3.86. The summed E-state index contributed by atoms with van der Waals surface area (Å²) in [7, 11) is 0. The van der Waals surface area contributed by atoms with Crippen molar-refractivity contribution in [2.24, 2.45) is 0 Å². The lowest BCUT2D eigenvalue weighted by molar-refractivity contribution is 0.250. The van der Waals surface area contributed by atoms with Gasteiger partial charge in [-0.05, 0) is 37.1 Å². The number of nitrogens with zero attached hydrogens (tertiary/aromatic N) is 3. The molecule has 4 rings (SSSR count). The van der Waals surface area contributed by atoms with Gasteiger partial charge >= 0.3 is 0 Å². The molecular weight excluding hydrogens is 306 g/mol. The minimum absolute atomic E-state index is 1.05. The third kappa shape index (κ3) is 3.38. The highest BCUT2D eigenvalue weighted by molar-refractivity contribution is 5.94. The van der Waals surface area contributed by atoms with Crippen LogP contribution in [0.1, 0.15) is 16.7 Å². The Balaban J connectivity index is 1.52. The van der Waals surface area contributed by atoms with E-state index in [1.54, 1.807) is 0 Å². The molecule has 0 aliphatic carbocycles. The summed E-state index contributed by atoms with van der Waals surface area (Å²) in [6.07, 6.45) is 1.95. The van der Waals surface area contributed by atoms with E-state index in [1.165, 1.54) is 27.8 Å². The van der Waals surface area contributed by atoms with Crippen LogP contribution < -0.4 is 4.90 Å². The van der Waals surface area contributed by atoms with Gasteiger partial charge in [0.05, 0.1) is 5.52 Å². The molecular formula is C22H25N3. The molecule has 0 unspecified atom stereocenters. The number of anilines is 1. The first-order valence-electron chi connectivity index (χ1n) is 9.08. The topological polar surface area (TPSA) is 19.4 Å². The molecule has 1 aromatic heterocycles. The maximum absolute atomic E-state index is 4.61. The first-order chi connectivity index (χ1) is 12.2. The number of benzene rings is 2. The summed E-state index contributed by atoms with van der Waals surface area (Å²) >= 11 is 0. The van der Waals surface area contributed by atoms with Crippen LogP contribution in [0.15, 0.2) is 54.7 Å². The highest BCUT2D eigenvalue weighted by Gasteiger charge is 2.19. The van der Waals surface area contributed by atoms with Crippen LogP contribution in [0.5, 0.6) is 0 Å². The van der Waals surface area contributed by atoms with Crippen molar-refractivity contribution in [2.75, 3.05) is 31.1 Å². The number of hydrogen-bond acceptors (Lipinski definition) is 3. The zero-order chi connectivity index (χ0) is 17.2. The van der Waals surface area contributed by atoms with Crippen LogP contribution in [-0.2, 0) is 6.54 Å². The monoisotopic (exact) mass is 331 g/mol. The summed E-state index contributed by atoms with van der Waals surface area (Å²) in [5, 5.41) is 1.29. The van der Waals surface area contributed by atoms with Crippen LogP contribution in [0.4, 0.5) is 5.69 Å². The molecule has 25 heavy (non-hydrogen) atoms. The second-order valence-electron chi connectivity index (χ2n) is 7.06. The lowest BCUT2D eigenvalue weighted by Gasteiger charge is -2.36. The van der Waals surface area contributed by atoms with Crippen LogP contribution in [0.2, 0.25) is 0 Å². The minimum Gasteiger partial charge on any atom is -0.368 e. The fourth-order valence-corrected chi connectivity index (χ4v) is 3.86. The molecule has 3 aromatic rings. The summed E-state index contributed by atoms with van der Waals surface area (Å²) in [4.78, 5) is 9.68. The quantitative estimate of drug-likeness (QED) is 0.718. The molecule has 1 aliphatic rings. The van der Waals surface area contributed by atoms with Crippen molar-refractivity contribution in [1.29, 1.82) is 0 Å². The summed E-state index contributed by atoms with van der Waals surface area (Å²) in [6, 6.07) is 17.4. The predicted octanol–water partition coefficient (Wildman–Crippen LogP) is 4.17. The van der Waals surface area contributed by atoms with E-state index in [4.69, 9.17) is 0 Å². The normalized spacial score (nSPS) is 15.7. The number of pyridine rings is 1. The van der Waals surface area contributed by atoms with Gasteiger partial charge in [-0.25, -0.2) is 0 Å². The number of piperazine rings is 1. The average Bonchev–Trinajstić information content (AvgIpc) is 2.63. The van der Waals surface area contributed by atoms with Crippen molar-refractivity contribution in [1.82, 2.24) is 9.88 Å². The first-order valence-corrected chi connectivity index (χ1v) is 9.08. The van der Waals surface area contributed by atoms with Gasteiger partial charge in [-0.15, -0.1) is 0 Å². The van der Waals surface area contributed by atoms with Crippen LogP contribution in [0.25, 0.3) is 10.9 Å². The third-order valence-electron chi connectivity index (χ3n) is 5.12. The summed E-state index contributed by atoms with van der Waals surface area (Å²) in [5.74, 6) is 0. The molecule has 0 bridgehead atoms. The van der Waals surface area contributed by atoms with Crippen LogP contribution in [0.3, 0.4) is 0 Å². The van der Waals surface area contributed by atoms with Crippen molar-refractivity contribution in [2.45, 2.75) is 20.4 Å². The Morgan fingerprint density at radius 3 is 2.44 bits per heavy atom. The molecule has 2 aromatic carbocycles. The lowest BCUT2D eigenvalue weighted by Crippen LogP contribution is -2.46. The molecule has 3 nitrogen and oxygen atoms in total. The molecule has 1 fully saturated rings. The van der Waals surface area contributed by atoms with Crippen LogP contribution in [-0.4, -0.2) is 36.1 Å². The second-order valence-corrected chi connectivity index (χ2v) is 7.06. The molecule has 0 saturated carbocycles. The molecule has 1 saturated heterocycles. The SMILES string of the molecule is Cc1cc(C)c2nccc(N3CCN(Cc4ccccc4)CC3)c2c1. The second kappa shape index (κ2) is 6.85. The fraction of sp³-hybridized carbons (Fsp3) is 0.318. The van der Waals surface area contributed by atoms with E-state index in [0.29, 0.717) is 0 Å². The Morgan fingerprint density at radius 1 is 0.920 bits per heavy atom. The molecule has 0 N–H and O–H groups in total. The van der Waals surface area contributed by atoms with Crippen molar-refractivity contribution in [3.8, 4) is 0 Å². The van der Waals surface area contributed by atoms with Crippen LogP contribution in [0, 0.1) is 13.8 Å². The van der Waals surface area contributed by atoms with Gasteiger partial charge in [-0.1, -0.05) is 42.0 Å². The van der Waals surface area contributed by atoms with E-state index >= 15 is 0 Å². The Labute approximate surface area is 149 Å². The number of aromatic nitrogens is 1. The minimum atomic E-state index is 1.05. The Hall–Kier alpha value is -2.39. The highest BCUT2D eigenvalue weighted by atomic mass is 15.3. The van der Waals surface area contributed by atoms with Gasteiger partial charge in [0.2, 0.25) is 0 Å². The van der Waals surface area contributed by atoms with E-state index in [1.807, 2.05) is 6.20 Å². The maximum atomic E-state index is 4.61. The molecule has 1 aliphatic heterocycles. The molecule has 0 amide bonds. The van der Waals surface area contributed by atoms with E-state index in [9.17, 15) is 0 Å². The Kier molecular flexibility index (Phi) is 4.41. The predicted molar refractivity (Wildman–Crippen MR) is 105 cm³/mol. The standard InChI is InChI=1S/C22H25N3/c1-17-14-18(2)22-20(15-17)21(8-9-23-22)25-12-10-24(11-13-25)16-19-6-4-3-5-7-19/h3-9,14-15H,10-13,16H2,1-2H3. The third-order valence-corrected chi connectivity index (χ3v) is 5.12. The molecule has 128 valence electrons.